The molecule has 3 aromatic rings. The molecule has 1 aliphatic rings. The summed E-state index contributed by atoms with van der Waals surface area (Å²) in [4.78, 5) is 16.8. The number of carbonyl (C=O) groups is 1. The van der Waals surface area contributed by atoms with E-state index in [0.29, 0.717) is 16.5 Å². The highest BCUT2D eigenvalue weighted by atomic mass is 19.1. The minimum Gasteiger partial charge on any atom is -0.383 e. The number of halogens is 1. The molecule has 6 heteroatoms. The van der Waals surface area contributed by atoms with Crippen LogP contribution in [-0.2, 0) is 0 Å². The molecule has 132 valence electrons. The van der Waals surface area contributed by atoms with E-state index in [0.717, 1.165) is 29.6 Å². The molecule has 4 rings (SSSR count). The third kappa shape index (κ3) is 2.78. The number of benzene rings is 2. The number of amides is 1. The molecule has 1 aliphatic heterocycles. The standard InChI is InChI=1S/C20H19FN4O/c1-11-3-2-4-16(21)17(11)12-5-6-15-13(7-12)8-24-19(22)18(15)20(26)25-14-9-23-10-14/h2-8,14,23H,9-10H2,1H3,(H2,22,24)(H,25,26). The van der Waals surface area contributed by atoms with Crippen molar-refractivity contribution in [2.24, 2.45) is 0 Å². The number of anilines is 1. The van der Waals surface area contributed by atoms with Crippen molar-refractivity contribution in [2.75, 3.05) is 18.8 Å². The van der Waals surface area contributed by atoms with E-state index in [-0.39, 0.29) is 23.6 Å². The van der Waals surface area contributed by atoms with Gasteiger partial charge in [0.05, 0.1) is 11.6 Å². The maximum Gasteiger partial charge on any atom is 0.255 e. The maximum atomic E-state index is 14.3. The number of nitrogens with one attached hydrogen (secondary N) is 2. The van der Waals surface area contributed by atoms with Crippen LogP contribution in [0.5, 0.6) is 0 Å². The van der Waals surface area contributed by atoms with Crippen LogP contribution >= 0.6 is 0 Å². The first kappa shape index (κ1) is 16.5. The van der Waals surface area contributed by atoms with E-state index in [4.69, 9.17) is 5.73 Å². The summed E-state index contributed by atoms with van der Waals surface area (Å²) < 4.78 is 14.3. The first-order chi connectivity index (χ1) is 12.5. The maximum absolute atomic E-state index is 14.3. The number of pyridine rings is 1. The summed E-state index contributed by atoms with van der Waals surface area (Å²) in [5.74, 6) is -0.317. The van der Waals surface area contributed by atoms with Crippen LogP contribution in [0.4, 0.5) is 10.2 Å². The number of rotatable bonds is 3. The van der Waals surface area contributed by atoms with Gasteiger partial charge in [-0.05, 0) is 35.6 Å². The van der Waals surface area contributed by atoms with E-state index in [2.05, 4.69) is 15.6 Å². The number of hydrogen-bond acceptors (Lipinski definition) is 4. The van der Waals surface area contributed by atoms with E-state index in [1.54, 1.807) is 12.3 Å². The Morgan fingerprint density at radius 3 is 2.81 bits per heavy atom. The zero-order valence-corrected chi connectivity index (χ0v) is 14.3. The van der Waals surface area contributed by atoms with Crippen LogP contribution in [-0.4, -0.2) is 30.0 Å². The summed E-state index contributed by atoms with van der Waals surface area (Å²) in [6.07, 6.45) is 1.62. The fourth-order valence-electron chi connectivity index (χ4n) is 3.28. The van der Waals surface area contributed by atoms with Crippen LogP contribution in [0.2, 0.25) is 0 Å². The van der Waals surface area contributed by atoms with E-state index in [1.165, 1.54) is 6.07 Å². The predicted molar refractivity (Wildman–Crippen MR) is 100 cm³/mol. The molecule has 4 N–H and O–H groups in total. The monoisotopic (exact) mass is 350 g/mol. The summed E-state index contributed by atoms with van der Waals surface area (Å²) in [6, 6.07) is 10.6. The van der Waals surface area contributed by atoms with Crippen molar-refractivity contribution >= 4 is 22.5 Å². The highest BCUT2D eigenvalue weighted by Crippen LogP contribution is 2.31. The number of hydrogen-bond donors (Lipinski definition) is 3. The van der Waals surface area contributed by atoms with E-state index in [9.17, 15) is 9.18 Å². The first-order valence-corrected chi connectivity index (χ1v) is 8.50. The lowest BCUT2D eigenvalue weighted by Gasteiger charge is -2.28. The van der Waals surface area contributed by atoms with Gasteiger partial charge in [-0.15, -0.1) is 0 Å². The average molecular weight is 350 g/mol. The van der Waals surface area contributed by atoms with Crippen LogP contribution < -0.4 is 16.4 Å². The van der Waals surface area contributed by atoms with Gasteiger partial charge in [-0.25, -0.2) is 9.37 Å². The Bertz CT molecular complexity index is 994. The highest BCUT2D eigenvalue weighted by Gasteiger charge is 2.23. The number of nitrogens with two attached hydrogens (primary N) is 1. The molecule has 26 heavy (non-hydrogen) atoms. The fraction of sp³-hybridized carbons (Fsp3) is 0.200. The quantitative estimate of drug-likeness (QED) is 0.678. The van der Waals surface area contributed by atoms with Gasteiger partial charge in [-0.3, -0.25) is 4.79 Å². The third-order valence-electron chi connectivity index (χ3n) is 4.77. The van der Waals surface area contributed by atoms with Crippen LogP contribution in [0, 0.1) is 12.7 Å². The second-order valence-electron chi connectivity index (χ2n) is 6.58. The average Bonchev–Trinajstić information content (AvgIpc) is 2.58. The Hall–Kier alpha value is -2.99. The number of aryl methyl sites for hydroxylation is 1. The molecule has 0 unspecified atom stereocenters. The number of carbonyl (C=O) groups excluding carboxylic acids is 1. The normalized spacial score (nSPS) is 14.2. The van der Waals surface area contributed by atoms with Gasteiger partial charge in [0.25, 0.3) is 5.91 Å². The molecule has 1 saturated heterocycles. The Balaban J connectivity index is 1.80. The second kappa shape index (κ2) is 6.38. The molecule has 2 aromatic carbocycles. The number of nitrogen functional groups attached to an aromatic ring is 1. The van der Waals surface area contributed by atoms with Gasteiger partial charge in [-0.2, -0.15) is 0 Å². The van der Waals surface area contributed by atoms with Crippen molar-refractivity contribution in [3.05, 3.63) is 59.5 Å². The highest BCUT2D eigenvalue weighted by molar-refractivity contribution is 6.11. The summed E-state index contributed by atoms with van der Waals surface area (Å²) >= 11 is 0. The van der Waals surface area contributed by atoms with Crippen molar-refractivity contribution in [2.45, 2.75) is 13.0 Å². The van der Waals surface area contributed by atoms with Gasteiger partial charge >= 0.3 is 0 Å². The molecule has 5 nitrogen and oxygen atoms in total. The minimum absolute atomic E-state index is 0.109. The van der Waals surface area contributed by atoms with E-state index < -0.39 is 0 Å². The van der Waals surface area contributed by atoms with Gasteiger partial charge in [0, 0.05) is 30.2 Å². The van der Waals surface area contributed by atoms with E-state index in [1.807, 2.05) is 31.2 Å². The lowest BCUT2D eigenvalue weighted by Crippen LogP contribution is -2.57. The van der Waals surface area contributed by atoms with Crippen molar-refractivity contribution < 1.29 is 9.18 Å². The zero-order valence-electron chi connectivity index (χ0n) is 14.3. The summed E-state index contributed by atoms with van der Waals surface area (Å²) in [5, 5.41) is 7.51. The molecule has 0 atom stereocenters. The van der Waals surface area contributed by atoms with Crippen molar-refractivity contribution in [3.63, 3.8) is 0 Å². The minimum atomic E-state index is -0.275. The Morgan fingerprint density at radius 2 is 2.12 bits per heavy atom. The van der Waals surface area contributed by atoms with Crippen molar-refractivity contribution in [1.29, 1.82) is 0 Å². The first-order valence-electron chi connectivity index (χ1n) is 8.50. The SMILES string of the molecule is Cc1cccc(F)c1-c1ccc2c(C(=O)NC3CNC3)c(N)ncc2c1. The summed E-state index contributed by atoms with van der Waals surface area (Å²) in [6.45, 7) is 3.37. The molecule has 0 bridgehead atoms. The molecule has 0 aliphatic carbocycles. The van der Waals surface area contributed by atoms with Gasteiger partial charge < -0.3 is 16.4 Å². The lowest BCUT2D eigenvalue weighted by molar-refractivity contribution is 0.0926. The molecule has 1 amide bonds. The Morgan fingerprint density at radius 1 is 1.31 bits per heavy atom. The number of nitrogens with zero attached hydrogens (tertiary/aromatic N) is 1. The topological polar surface area (TPSA) is 80.0 Å². The number of fused-ring (bicyclic) bond motifs is 1. The molecule has 0 saturated carbocycles. The van der Waals surface area contributed by atoms with Crippen LogP contribution in [0.1, 0.15) is 15.9 Å². The summed E-state index contributed by atoms with van der Waals surface area (Å²) in [5.41, 5.74) is 8.49. The van der Waals surface area contributed by atoms with E-state index >= 15 is 0 Å². The molecule has 2 heterocycles. The Kier molecular flexibility index (Phi) is 4.05. The number of aromatic nitrogens is 1. The molecule has 1 fully saturated rings. The van der Waals surface area contributed by atoms with Crippen LogP contribution in [0.15, 0.2) is 42.6 Å². The largest absolute Gasteiger partial charge is 0.383 e. The van der Waals surface area contributed by atoms with Crippen molar-refractivity contribution in [1.82, 2.24) is 15.6 Å². The van der Waals surface area contributed by atoms with Crippen molar-refractivity contribution in [3.8, 4) is 11.1 Å². The van der Waals surface area contributed by atoms with Crippen LogP contribution in [0.3, 0.4) is 0 Å². The molecule has 0 radical (unpaired) electrons. The molecular weight excluding hydrogens is 331 g/mol. The van der Waals surface area contributed by atoms with Gasteiger partial charge in [0.15, 0.2) is 0 Å². The second-order valence-corrected chi connectivity index (χ2v) is 6.58. The molecular formula is C20H19FN4O. The third-order valence-corrected chi connectivity index (χ3v) is 4.77. The fourth-order valence-corrected chi connectivity index (χ4v) is 3.28. The summed E-state index contributed by atoms with van der Waals surface area (Å²) in [7, 11) is 0. The molecule has 0 spiro atoms. The van der Waals surface area contributed by atoms with Gasteiger partial charge in [-0.1, -0.05) is 24.3 Å². The Labute approximate surface area is 150 Å². The predicted octanol–water partition coefficient (Wildman–Crippen LogP) is 2.63. The van der Waals surface area contributed by atoms with Gasteiger partial charge in [0.2, 0.25) is 0 Å². The van der Waals surface area contributed by atoms with Crippen LogP contribution in [0.25, 0.3) is 21.9 Å². The zero-order chi connectivity index (χ0) is 18.3. The van der Waals surface area contributed by atoms with Gasteiger partial charge in [0.1, 0.15) is 11.6 Å². The lowest BCUT2D eigenvalue weighted by atomic mass is 9.96. The smallest absolute Gasteiger partial charge is 0.255 e. The molecule has 1 aromatic heterocycles.